The van der Waals surface area contributed by atoms with Gasteiger partial charge in [-0.05, 0) is 24.6 Å². The van der Waals surface area contributed by atoms with E-state index >= 15 is 0 Å². The number of fused-ring (bicyclic) bond motifs is 3. The van der Waals surface area contributed by atoms with E-state index in [-0.39, 0.29) is 0 Å². The summed E-state index contributed by atoms with van der Waals surface area (Å²) >= 11 is 4.81. The number of hydrogen-bond donors (Lipinski definition) is 1. The Hall–Kier alpha value is -2.21. The zero-order chi connectivity index (χ0) is 14.1. The third kappa shape index (κ3) is 1.98. The van der Waals surface area contributed by atoms with Crippen LogP contribution < -0.4 is 5.32 Å². The van der Waals surface area contributed by atoms with Crippen molar-refractivity contribution in [3.05, 3.63) is 36.0 Å². The lowest BCUT2D eigenvalue weighted by atomic mass is 10.0. The Kier molecular flexibility index (Phi) is 3.23. The van der Waals surface area contributed by atoms with Gasteiger partial charge in [0, 0.05) is 30.7 Å². The number of aromatic nitrogens is 1. The molecule has 1 amide bonds. The van der Waals surface area contributed by atoms with Gasteiger partial charge in [-0.15, -0.1) is 0 Å². The van der Waals surface area contributed by atoms with Crippen LogP contribution in [0.1, 0.15) is 12.5 Å². The quantitative estimate of drug-likeness (QED) is 0.802. The molecule has 1 aliphatic rings. The summed E-state index contributed by atoms with van der Waals surface area (Å²) in [4.78, 5) is 11.6. The summed E-state index contributed by atoms with van der Waals surface area (Å²) in [7, 11) is 0. The summed E-state index contributed by atoms with van der Waals surface area (Å²) in [5, 5.41) is 2.78. The molecule has 1 aromatic carbocycles. The van der Waals surface area contributed by atoms with Gasteiger partial charge in [0.2, 0.25) is 0 Å². The van der Waals surface area contributed by atoms with Crippen LogP contribution in [0.25, 0.3) is 11.3 Å². The van der Waals surface area contributed by atoms with Gasteiger partial charge < -0.3 is 9.30 Å². The zero-order valence-electron chi connectivity index (χ0n) is 10.9. The van der Waals surface area contributed by atoms with Crippen molar-refractivity contribution >= 4 is 29.9 Å². The van der Waals surface area contributed by atoms with Gasteiger partial charge in [0.1, 0.15) is 5.69 Å². The summed E-state index contributed by atoms with van der Waals surface area (Å²) in [6.07, 6.45) is 1.50. The van der Waals surface area contributed by atoms with Crippen LogP contribution in [-0.2, 0) is 23.7 Å². The molecular weight excluding hydrogens is 274 g/mol. The number of anilines is 1. The normalized spacial score (nSPS) is 11.7. The van der Waals surface area contributed by atoms with Crippen LogP contribution >= 0.6 is 0 Å². The second kappa shape index (κ2) is 5.05. The maximum Gasteiger partial charge on any atom is 0.411 e. The molecule has 102 valence electrons. The molecular formula is C14H13N3O2S. The van der Waals surface area contributed by atoms with E-state index in [0.29, 0.717) is 6.61 Å². The van der Waals surface area contributed by atoms with E-state index in [1.165, 1.54) is 0 Å². The Morgan fingerprint density at radius 3 is 3.10 bits per heavy atom. The first-order valence-corrected chi connectivity index (χ1v) is 6.69. The van der Waals surface area contributed by atoms with Crippen molar-refractivity contribution in [1.82, 2.24) is 4.57 Å². The fourth-order valence-corrected chi connectivity index (χ4v) is 2.66. The molecule has 20 heavy (non-hydrogen) atoms. The topological polar surface area (TPSA) is 55.6 Å². The highest BCUT2D eigenvalue weighted by Gasteiger charge is 2.25. The van der Waals surface area contributed by atoms with Gasteiger partial charge in [-0.2, -0.15) is 4.36 Å². The van der Waals surface area contributed by atoms with Crippen LogP contribution in [0.3, 0.4) is 0 Å². The number of nitrogens with zero attached hydrogens (tertiary/aromatic N) is 2. The number of nitrogens with one attached hydrogen (secondary N) is 1. The molecule has 0 saturated heterocycles. The largest absolute Gasteiger partial charge is 0.450 e. The Bertz CT molecular complexity index is 694. The first-order valence-electron chi connectivity index (χ1n) is 6.33. The third-order valence-electron chi connectivity index (χ3n) is 3.28. The summed E-state index contributed by atoms with van der Waals surface area (Å²) < 4.78 is 10.9. The standard InChI is InChI=1S/C14H13N3O2S/c1-2-19-14(18)15-10-5-3-4-9-8-17-7-6-11(16-20)13(17)12(9)10/h3-7H,2,8H2,1H3,(H,15,18). The molecule has 3 rings (SSSR count). The lowest BCUT2D eigenvalue weighted by Crippen LogP contribution is -2.14. The summed E-state index contributed by atoms with van der Waals surface area (Å²) in [6.45, 7) is 2.87. The molecule has 0 unspecified atom stereocenters. The number of ether oxygens (including phenoxy) is 1. The van der Waals surface area contributed by atoms with Crippen molar-refractivity contribution in [3.63, 3.8) is 0 Å². The Morgan fingerprint density at radius 2 is 2.35 bits per heavy atom. The smallest absolute Gasteiger partial charge is 0.411 e. The van der Waals surface area contributed by atoms with E-state index in [4.69, 9.17) is 17.2 Å². The Balaban J connectivity index is 2.06. The minimum absolute atomic E-state index is 0.337. The van der Waals surface area contributed by atoms with E-state index in [9.17, 15) is 4.79 Å². The van der Waals surface area contributed by atoms with Crippen molar-refractivity contribution in [2.24, 2.45) is 4.36 Å². The molecule has 0 atom stereocenters. The molecule has 0 saturated carbocycles. The van der Waals surface area contributed by atoms with Crippen molar-refractivity contribution in [3.8, 4) is 11.3 Å². The van der Waals surface area contributed by atoms with Crippen LogP contribution in [0.15, 0.2) is 34.8 Å². The monoisotopic (exact) mass is 287 g/mol. The number of amides is 1. The second-order valence-electron chi connectivity index (χ2n) is 4.45. The molecule has 0 spiro atoms. The summed E-state index contributed by atoms with van der Waals surface area (Å²) in [5.74, 6) is 0. The minimum atomic E-state index is -0.456. The molecule has 5 nitrogen and oxygen atoms in total. The Labute approximate surface area is 121 Å². The van der Waals surface area contributed by atoms with Crippen LogP contribution in [-0.4, -0.2) is 17.3 Å². The van der Waals surface area contributed by atoms with Crippen molar-refractivity contribution in [2.45, 2.75) is 13.5 Å². The van der Waals surface area contributed by atoms with E-state index in [1.807, 2.05) is 30.5 Å². The van der Waals surface area contributed by atoms with Gasteiger partial charge in [0.05, 0.1) is 18.0 Å². The van der Waals surface area contributed by atoms with Crippen molar-refractivity contribution in [2.75, 3.05) is 11.9 Å². The predicted molar refractivity (Wildman–Crippen MR) is 79.1 cm³/mol. The van der Waals surface area contributed by atoms with Crippen LogP contribution in [0, 0.1) is 0 Å². The molecule has 0 aliphatic carbocycles. The highest BCUT2D eigenvalue weighted by Crippen LogP contribution is 2.43. The van der Waals surface area contributed by atoms with Crippen LogP contribution in [0.5, 0.6) is 0 Å². The van der Waals surface area contributed by atoms with Crippen LogP contribution in [0.4, 0.5) is 16.2 Å². The number of carbonyl (C=O) groups excluding carboxylic acids is 1. The number of rotatable bonds is 3. The van der Waals surface area contributed by atoms with E-state index in [0.717, 1.165) is 34.7 Å². The minimum Gasteiger partial charge on any atom is -0.450 e. The first-order chi connectivity index (χ1) is 9.74. The highest BCUT2D eigenvalue weighted by molar-refractivity contribution is 7.47. The average molecular weight is 287 g/mol. The van der Waals surface area contributed by atoms with Gasteiger partial charge in [-0.25, -0.2) is 4.79 Å². The highest BCUT2D eigenvalue weighted by atomic mass is 32.1. The molecule has 1 aromatic heterocycles. The van der Waals surface area contributed by atoms with Crippen LogP contribution in [0.2, 0.25) is 0 Å². The lowest BCUT2D eigenvalue weighted by Gasteiger charge is -2.10. The zero-order valence-corrected chi connectivity index (χ0v) is 11.7. The lowest BCUT2D eigenvalue weighted by molar-refractivity contribution is 0.168. The molecule has 0 fully saturated rings. The Morgan fingerprint density at radius 1 is 1.50 bits per heavy atom. The fourth-order valence-electron chi connectivity index (χ4n) is 2.51. The molecule has 0 bridgehead atoms. The van der Waals surface area contributed by atoms with Crippen molar-refractivity contribution in [1.29, 1.82) is 0 Å². The molecule has 2 aromatic rings. The van der Waals surface area contributed by atoms with Gasteiger partial charge in [0.15, 0.2) is 0 Å². The maximum absolute atomic E-state index is 11.6. The second-order valence-corrected chi connectivity index (χ2v) is 4.64. The maximum atomic E-state index is 11.6. The van der Waals surface area contributed by atoms with Crippen molar-refractivity contribution < 1.29 is 9.53 Å². The third-order valence-corrected chi connectivity index (χ3v) is 3.48. The number of hydrogen-bond acceptors (Lipinski definition) is 4. The fraction of sp³-hybridized carbons (Fsp3) is 0.214. The summed E-state index contributed by atoms with van der Waals surface area (Å²) in [6, 6.07) is 7.68. The van der Waals surface area contributed by atoms with Gasteiger partial charge >= 0.3 is 6.09 Å². The van der Waals surface area contributed by atoms with Gasteiger partial charge in [-0.3, -0.25) is 5.32 Å². The first kappa shape index (κ1) is 12.8. The molecule has 1 N–H and O–H groups in total. The molecule has 6 heteroatoms. The average Bonchev–Trinajstić information content (AvgIpc) is 2.97. The molecule has 0 radical (unpaired) electrons. The SMILES string of the molecule is CCOC(=O)Nc1cccc2c1-c1c(N=S)ccn1C2. The molecule has 1 aliphatic heterocycles. The van der Waals surface area contributed by atoms with E-state index in [1.54, 1.807) is 6.92 Å². The van der Waals surface area contributed by atoms with Gasteiger partial charge in [0.25, 0.3) is 0 Å². The number of carbonyl (C=O) groups is 1. The van der Waals surface area contributed by atoms with E-state index in [2.05, 4.69) is 14.2 Å². The number of benzene rings is 1. The van der Waals surface area contributed by atoms with E-state index < -0.39 is 6.09 Å². The van der Waals surface area contributed by atoms with Gasteiger partial charge in [-0.1, -0.05) is 12.1 Å². The summed E-state index contributed by atoms with van der Waals surface area (Å²) in [5.41, 5.74) is 4.52. The predicted octanol–water partition coefficient (Wildman–Crippen LogP) is 3.45. The molecule has 2 heterocycles.